The van der Waals surface area contributed by atoms with E-state index in [2.05, 4.69) is 24.4 Å². The largest absolute Gasteiger partial charge is 0.386 e. The van der Waals surface area contributed by atoms with E-state index in [1.165, 1.54) is 4.88 Å². The first-order valence-electron chi connectivity index (χ1n) is 7.47. The Bertz CT molecular complexity index is 675. The SMILES string of the molecule is CCc1ccc(-c2ccc(C(O)C(CF)NC(=O)C(Cl)Cl)cc2)s1. The molecule has 130 valence electrons. The Morgan fingerprint density at radius 2 is 1.92 bits per heavy atom. The maximum absolute atomic E-state index is 13.1. The number of aliphatic hydroxyl groups is 1. The predicted molar refractivity (Wildman–Crippen MR) is 97.5 cm³/mol. The van der Waals surface area contributed by atoms with Crippen LogP contribution in [0.4, 0.5) is 4.39 Å². The fourth-order valence-electron chi connectivity index (χ4n) is 2.25. The lowest BCUT2D eigenvalue weighted by Crippen LogP contribution is -2.43. The molecule has 1 aromatic carbocycles. The highest BCUT2D eigenvalue weighted by molar-refractivity contribution is 7.15. The summed E-state index contributed by atoms with van der Waals surface area (Å²) in [5.74, 6) is -0.734. The zero-order valence-corrected chi connectivity index (χ0v) is 15.3. The van der Waals surface area contributed by atoms with Gasteiger partial charge in [0, 0.05) is 9.75 Å². The van der Waals surface area contributed by atoms with Crippen molar-refractivity contribution < 1.29 is 14.3 Å². The number of nitrogens with one attached hydrogen (secondary N) is 1. The number of benzene rings is 1. The van der Waals surface area contributed by atoms with E-state index in [4.69, 9.17) is 23.2 Å². The van der Waals surface area contributed by atoms with Crippen molar-refractivity contribution in [2.45, 2.75) is 30.3 Å². The van der Waals surface area contributed by atoms with Crippen LogP contribution in [-0.4, -0.2) is 28.6 Å². The van der Waals surface area contributed by atoms with Crippen LogP contribution in [0.1, 0.15) is 23.5 Å². The van der Waals surface area contributed by atoms with E-state index in [1.54, 1.807) is 23.5 Å². The van der Waals surface area contributed by atoms with Crippen LogP contribution in [0.2, 0.25) is 0 Å². The predicted octanol–water partition coefficient (Wildman–Crippen LogP) is 4.27. The van der Waals surface area contributed by atoms with Gasteiger partial charge >= 0.3 is 0 Å². The van der Waals surface area contributed by atoms with Crippen molar-refractivity contribution >= 4 is 40.4 Å². The summed E-state index contributed by atoms with van der Waals surface area (Å²) in [5.41, 5.74) is 1.53. The highest BCUT2D eigenvalue weighted by Gasteiger charge is 2.25. The van der Waals surface area contributed by atoms with Crippen LogP contribution < -0.4 is 5.32 Å². The Labute approximate surface area is 154 Å². The molecule has 0 aliphatic heterocycles. The van der Waals surface area contributed by atoms with Crippen LogP contribution in [0.25, 0.3) is 10.4 Å². The molecule has 1 heterocycles. The highest BCUT2D eigenvalue weighted by Crippen LogP contribution is 2.29. The topological polar surface area (TPSA) is 49.3 Å². The minimum absolute atomic E-state index is 0.509. The first kappa shape index (κ1) is 19.2. The number of aliphatic hydroxyl groups excluding tert-OH is 1. The van der Waals surface area contributed by atoms with Gasteiger partial charge in [-0.05, 0) is 29.7 Å². The molecule has 2 aromatic rings. The standard InChI is InChI=1S/C17H18Cl2FNO2S/c1-2-12-7-8-14(24-12)10-3-5-11(6-4-10)15(22)13(9-20)21-17(23)16(18)19/h3-8,13,15-16,22H,2,9H2,1H3,(H,21,23). The second kappa shape index (κ2) is 8.81. The van der Waals surface area contributed by atoms with Crippen LogP contribution in [0.5, 0.6) is 0 Å². The number of carbonyl (C=O) groups excluding carboxylic acids is 1. The summed E-state index contributed by atoms with van der Waals surface area (Å²) in [5, 5.41) is 12.6. The van der Waals surface area contributed by atoms with Crippen molar-refractivity contribution in [2.24, 2.45) is 0 Å². The lowest BCUT2D eigenvalue weighted by Gasteiger charge is -2.22. The van der Waals surface area contributed by atoms with Gasteiger partial charge in [-0.2, -0.15) is 0 Å². The quantitative estimate of drug-likeness (QED) is 0.694. The summed E-state index contributed by atoms with van der Waals surface area (Å²) in [6, 6.07) is 10.2. The van der Waals surface area contributed by atoms with Crippen molar-refractivity contribution in [3.8, 4) is 10.4 Å². The summed E-state index contributed by atoms with van der Waals surface area (Å²) in [6.45, 7) is 1.17. The van der Waals surface area contributed by atoms with Gasteiger partial charge in [-0.25, -0.2) is 4.39 Å². The number of hydrogen-bond acceptors (Lipinski definition) is 3. The van der Waals surface area contributed by atoms with E-state index in [9.17, 15) is 14.3 Å². The fraction of sp³-hybridized carbons (Fsp3) is 0.353. The van der Waals surface area contributed by atoms with E-state index in [0.717, 1.165) is 16.9 Å². The lowest BCUT2D eigenvalue weighted by atomic mass is 10.0. The third-order valence-electron chi connectivity index (χ3n) is 3.62. The molecule has 0 fully saturated rings. The van der Waals surface area contributed by atoms with Gasteiger partial charge in [-0.3, -0.25) is 4.79 Å². The number of halogens is 3. The maximum Gasteiger partial charge on any atom is 0.253 e. The number of alkyl halides is 3. The molecule has 0 aliphatic carbocycles. The van der Waals surface area contributed by atoms with E-state index < -0.39 is 29.6 Å². The highest BCUT2D eigenvalue weighted by atomic mass is 35.5. The molecule has 0 aliphatic rings. The van der Waals surface area contributed by atoms with Gasteiger partial charge in [-0.15, -0.1) is 11.3 Å². The van der Waals surface area contributed by atoms with Crippen molar-refractivity contribution in [3.05, 3.63) is 46.8 Å². The summed E-state index contributed by atoms with van der Waals surface area (Å²) in [4.78, 5) is 12.6. The van der Waals surface area contributed by atoms with Crippen molar-refractivity contribution in [1.82, 2.24) is 5.32 Å². The zero-order valence-electron chi connectivity index (χ0n) is 13.0. The molecule has 1 amide bonds. The van der Waals surface area contributed by atoms with Crippen molar-refractivity contribution in [3.63, 3.8) is 0 Å². The first-order chi connectivity index (χ1) is 11.5. The maximum atomic E-state index is 13.1. The van der Waals surface area contributed by atoms with E-state index in [1.807, 2.05) is 12.1 Å². The molecule has 2 rings (SSSR count). The Hall–Kier alpha value is -1.14. The molecule has 0 radical (unpaired) electrons. The Morgan fingerprint density at radius 1 is 1.25 bits per heavy atom. The summed E-state index contributed by atoms with van der Waals surface area (Å²) < 4.78 is 13.1. The molecule has 0 saturated heterocycles. The number of aryl methyl sites for hydroxylation is 1. The molecule has 3 nitrogen and oxygen atoms in total. The van der Waals surface area contributed by atoms with Gasteiger partial charge in [0.1, 0.15) is 12.8 Å². The molecule has 2 atom stereocenters. The molecule has 1 aromatic heterocycles. The van der Waals surface area contributed by atoms with Gasteiger partial charge in [0.05, 0.1) is 6.04 Å². The van der Waals surface area contributed by atoms with Crippen LogP contribution in [0, 0.1) is 0 Å². The van der Waals surface area contributed by atoms with E-state index in [0.29, 0.717) is 5.56 Å². The monoisotopic (exact) mass is 389 g/mol. The van der Waals surface area contributed by atoms with Crippen LogP contribution in [0.15, 0.2) is 36.4 Å². The van der Waals surface area contributed by atoms with Gasteiger partial charge in [0.15, 0.2) is 4.84 Å². The number of rotatable bonds is 7. The molecule has 2 N–H and O–H groups in total. The third kappa shape index (κ3) is 4.70. The Kier molecular flexibility index (Phi) is 7.04. The first-order valence-corrected chi connectivity index (χ1v) is 9.16. The summed E-state index contributed by atoms with van der Waals surface area (Å²) in [7, 11) is 0. The number of thiophene rings is 1. The number of amides is 1. The summed E-state index contributed by atoms with van der Waals surface area (Å²) in [6.07, 6.45) is -0.198. The van der Waals surface area contributed by atoms with Gasteiger partial charge in [-0.1, -0.05) is 54.4 Å². The molecule has 0 bridgehead atoms. The van der Waals surface area contributed by atoms with Crippen molar-refractivity contribution in [1.29, 1.82) is 0 Å². The molecule has 2 unspecified atom stereocenters. The van der Waals surface area contributed by atoms with Gasteiger partial charge in [0.25, 0.3) is 5.91 Å². The molecular weight excluding hydrogens is 372 g/mol. The third-order valence-corrected chi connectivity index (χ3v) is 5.30. The normalized spacial score (nSPS) is 13.8. The van der Waals surface area contributed by atoms with Crippen LogP contribution in [-0.2, 0) is 11.2 Å². The second-order valence-electron chi connectivity index (χ2n) is 5.26. The average Bonchev–Trinajstić information content (AvgIpc) is 3.08. The average molecular weight is 390 g/mol. The molecule has 7 heteroatoms. The van der Waals surface area contributed by atoms with Crippen molar-refractivity contribution in [2.75, 3.05) is 6.67 Å². The Morgan fingerprint density at radius 3 is 2.42 bits per heavy atom. The number of hydrogen-bond donors (Lipinski definition) is 2. The van der Waals surface area contributed by atoms with E-state index in [-0.39, 0.29) is 0 Å². The number of carbonyl (C=O) groups is 1. The van der Waals surface area contributed by atoms with Gasteiger partial charge < -0.3 is 10.4 Å². The zero-order chi connectivity index (χ0) is 17.7. The molecule has 24 heavy (non-hydrogen) atoms. The summed E-state index contributed by atoms with van der Waals surface area (Å²) >= 11 is 12.6. The smallest absolute Gasteiger partial charge is 0.253 e. The minimum Gasteiger partial charge on any atom is -0.386 e. The molecular formula is C17H18Cl2FNO2S. The Balaban J connectivity index is 2.12. The lowest BCUT2D eigenvalue weighted by molar-refractivity contribution is -0.121. The fourth-order valence-corrected chi connectivity index (χ4v) is 3.33. The van der Waals surface area contributed by atoms with Crippen LogP contribution in [0.3, 0.4) is 0 Å². The minimum atomic E-state index is -1.31. The molecule has 0 spiro atoms. The van der Waals surface area contributed by atoms with Gasteiger partial charge in [0.2, 0.25) is 0 Å². The molecule has 0 saturated carbocycles. The van der Waals surface area contributed by atoms with E-state index >= 15 is 0 Å². The van der Waals surface area contributed by atoms with Crippen LogP contribution >= 0.6 is 34.5 Å². The second-order valence-corrected chi connectivity index (χ2v) is 7.52.